The Kier molecular flexibility index (Phi) is 2.39. The van der Waals surface area contributed by atoms with E-state index in [1.807, 2.05) is 0 Å². The number of carbonyl (C=O) groups excluding carboxylic acids is 1. The van der Waals surface area contributed by atoms with Gasteiger partial charge in [0.25, 0.3) is 0 Å². The number of aryl methyl sites for hydroxylation is 1. The van der Waals surface area contributed by atoms with Crippen LogP contribution in [0, 0.1) is 0 Å². The Morgan fingerprint density at radius 2 is 2.38 bits per heavy atom. The first kappa shape index (κ1) is 10.6. The van der Waals surface area contributed by atoms with E-state index in [2.05, 4.69) is 5.10 Å². The highest BCUT2D eigenvalue weighted by Crippen LogP contribution is 2.24. The van der Waals surface area contributed by atoms with Crippen LogP contribution in [0.2, 0.25) is 0 Å². The van der Waals surface area contributed by atoms with Gasteiger partial charge in [0, 0.05) is 26.1 Å². The molecule has 1 aromatic heterocycles. The van der Waals surface area contributed by atoms with Crippen molar-refractivity contribution in [2.45, 2.75) is 12.5 Å². The molecule has 7 nitrogen and oxygen atoms in total. The molecule has 1 aliphatic heterocycles. The predicted molar refractivity (Wildman–Crippen MR) is 55.1 cm³/mol. The molecule has 0 aromatic carbocycles. The van der Waals surface area contributed by atoms with Crippen molar-refractivity contribution >= 4 is 17.7 Å². The van der Waals surface area contributed by atoms with E-state index in [1.165, 1.54) is 15.8 Å². The average Bonchev–Trinajstić information content (AvgIpc) is 2.69. The van der Waals surface area contributed by atoms with Gasteiger partial charge in [-0.1, -0.05) is 0 Å². The van der Waals surface area contributed by atoms with Crippen molar-refractivity contribution in [3.05, 3.63) is 11.8 Å². The zero-order valence-electron chi connectivity index (χ0n) is 8.75. The Balaban J connectivity index is 2.43. The van der Waals surface area contributed by atoms with Gasteiger partial charge in [0.1, 0.15) is 11.4 Å². The van der Waals surface area contributed by atoms with Crippen molar-refractivity contribution in [1.29, 1.82) is 0 Å². The summed E-state index contributed by atoms with van der Waals surface area (Å²) >= 11 is 0. The molecule has 1 saturated heterocycles. The van der Waals surface area contributed by atoms with Crippen LogP contribution in [0.1, 0.15) is 16.8 Å². The quantitative estimate of drug-likeness (QED) is 0.683. The molecule has 0 aliphatic carbocycles. The highest BCUT2D eigenvalue weighted by Gasteiger charge is 2.33. The normalized spacial score (nSPS) is 20.5. The molecule has 0 bridgehead atoms. The van der Waals surface area contributed by atoms with Gasteiger partial charge in [0.2, 0.25) is 5.91 Å². The molecule has 0 spiro atoms. The van der Waals surface area contributed by atoms with Crippen molar-refractivity contribution in [1.82, 2.24) is 9.78 Å². The number of aromatic carboxylic acids is 1. The van der Waals surface area contributed by atoms with Crippen molar-refractivity contribution in [2.24, 2.45) is 12.8 Å². The van der Waals surface area contributed by atoms with Crippen LogP contribution in [-0.4, -0.2) is 39.4 Å². The largest absolute Gasteiger partial charge is 0.477 e. The number of carboxylic acids is 1. The average molecular weight is 224 g/mol. The van der Waals surface area contributed by atoms with E-state index < -0.39 is 5.97 Å². The van der Waals surface area contributed by atoms with Crippen LogP contribution in [-0.2, 0) is 11.8 Å². The fourth-order valence-electron chi connectivity index (χ4n) is 1.84. The second-order valence-electron chi connectivity index (χ2n) is 3.78. The summed E-state index contributed by atoms with van der Waals surface area (Å²) in [6.45, 7) is 0.332. The van der Waals surface area contributed by atoms with E-state index >= 15 is 0 Å². The van der Waals surface area contributed by atoms with E-state index in [-0.39, 0.29) is 23.9 Å². The zero-order chi connectivity index (χ0) is 11.9. The minimum Gasteiger partial charge on any atom is -0.477 e. The van der Waals surface area contributed by atoms with Gasteiger partial charge in [0.05, 0.1) is 6.20 Å². The summed E-state index contributed by atoms with van der Waals surface area (Å²) in [5.41, 5.74) is 5.68. The van der Waals surface area contributed by atoms with Gasteiger partial charge in [-0.25, -0.2) is 4.79 Å². The van der Waals surface area contributed by atoms with Crippen LogP contribution >= 0.6 is 0 Å². The van der Waals surface area contributed by atoms with E-state index in [4.69, 9.17) is 10.8 Å². The van der Waals surface area contributed by atoms with Gasteiger partial charge >= 0.3 is 5.97 Å². The Morgan fingerprint density at radius 3 is 2.88 bits per heavy atom. The molecule has 86 valence electrons. The topological polar surface area (TPSA) is 101 Å². The van der Waals surface area contributed by atoms with Gasteiger partial charge in [0.15, 0.2) is 0 Å². The van der Waals surface area contributed by atoms with E-state index in [0.29, 0.717) is 12.4 Å². The highest BCUT2D eigenvalue weighted by molar-refractivity contribution is 6.02. The minimum atomic E-state index is -1.10. The number of hydrogen-bond donors (Lipinski definition) is 2. The molecule has 0 radical (unpaired) electrons. The van der Waals surface area contributed by atoms with Gasteiger partial charge in [-0.15, -0.1) is 0 Å². The molecule has 3 N–H and O–H groups in total. The van der Waals surface area contributed by atoms with Gasteiger partial charge in [-0.05, 0) is 0 Å². The summed E-state index contributed by atoms with van der Waals surface area (Å²) in [6, 6.07) is -0.246. The lowest BCUT2D eigenvalue weighted by Crippen LogP contribution is -2.30. The molecule has 1 unspecified atom stereocenters. The summed E-state index contributed by atoms with van der Waals surface area (Å²) in [5, 5.41) is 12.8. The number of rotatable bonds is 2. The second kappa shape index (κ2) is 3.60. The number of nitrogens with two attached hydrogens (primary N) is 1. The Hall–Kier alpha value is -1.89. The molecular formula is C9H12N4O3. The standard InChI is InChI=1S/C9H12N4O3/c1-12-8(6(3-11-12)9(15)16)13-4-5(10)2-7(13)14/h3,5H,2,4,10H2,1H3,(H,15,16). The summed E-state index contributed by atoms with van der Waals surface area (Å²) in [4.78, 5) is 24.0. The second-order valence-corrected chi connectivity index (χ2v) is 3.78. The monoisotopic (exact) mass is 224 g/mol. The molecule has 1 atom stereocenters. The molecular weight excluding hydrogens is 212 g/mol. The number of hydrogen-bond acceptors (Lipinski definition) is 4. The number of aromatic nitrogens is 2. The summed E-state index contributed by atoms with van der Waals surface area (Å²) in [7, 11) is 1.60. The van der Waals surface area contributed by atoms with Gasteiger partial charge in [-0.2, -0.15) is 5.10 Å². The number of carboxylic acid groups (broad SMARTS) is 1. The van der Waals surface area contributed by atoms with Crippen LogP contribution in [0.4, 0.5) is 5.82 Å². The zero-order valence-corrected chi connectivity index (χ0v) is 8.75. The molecule has 1 amide bonds. The fraction of sp³-hybridized carbons (Fsp3) is 0.444. The smallest absolute Gasteiger partial charge is 0.341 e. The van der Waals surface area contributed by atoms with Crippen LogP contribution in [0.3, 0.4) is 0 Å². The maximum atomic E-state index is 11.6. The first-order valence-corrected chi connectivity index (χ1v) is 4.82. The first-order valence-electron chi connectivity index (χ1n) is 4.82. The van der Waals surface area contributed by atoms with Crippen LogP contribution in [0.5, 0.6) is 0 Å². The Labute approximate surface area is 91.4 Å². The lowest BCUT2D eigenvalue weighted by Gasteiger charge is -2.16. The van der Waals surface area contributed by atoms with Crippen LogP contribution < -0.4 is 10.6 Å². The van der Waals surface area contributed by atoms with Crippen LogP contribution in [0.25, 0.3) is 0 Å². The molecule has 1 aromatic rings. The number of anilines is 1. The first-order chi connectivity index (χ1) is 7.50. The van der Waals surface area contributed by atoms with E-state index in [0.717, 1.165) is 0 Å². The maximum Gasteiger partial charge on any atom is 0.341 e. The summed E-state index contributed by atoms with van der Waals surface area (Å²) in [5.74, 6) is -0.972. The van der Waals surface area contributed by atoms with Crippen molar-refractivity contribution in [3.8, 4) is 0 Å². The number of amides is 1. The maximum absolute atomic E-state index is 11.6. The van der Waals surface area contributed by atoms with E-state index in [9.17, 15) is 9.59 Å². The van der Waals surface area contributed by atoms with Crippen molar-refractivity contribution < 1.29 is 14.7 Å². The summed E-state index contributed by atoms with van der Waals surface area (Å²) in [6.07, 6.45) is 1.47. The lowest BCUT2D eigenvalue weighted by atomic mass is 10.3. The lowest BCUT2D eigenvalue weighted by molar-refractivity contribution is -0.117. The summed E-state index contributed by atoms with van der Waals surface area (Å²) < 4.78 is 1.37. The SMILES string of the molecule is Cn1ncc(C(=O)O)c1N1CC(N)CC1=O. The molecule has 16 heavy (non-hydrogen) atoms. The molecule has 1 fully saturated rings. The molecule has 0 saturated carbocycles. The molecule has 2 rings (SSSR count). The Morgan fingerprint density at radius 1 is 1.69 bits per heavy atom. The number of carbonyl (C=O) groups is 2. The van der Waals surface area contributed by atoms with Crippen molar-refractivity contribution in [3.63, 3.8) is 0 Å². The Bertz CT molecular complexity index is 454. The third-order valence-electron chi connectivity index (χ3n) is 2.55. The van der Waals surface area contributed by atoms with Crippen LogP contribution in [0.15, 0.2) is 6.20 Å². The highest BCUT2D eigenvalue weighted by atomic mass is 16.4. The molecule has 1 aliphatic rings. The fourth-order valence-corrected chi connectivity index (χ4v) is 1.84. The third-order valence-corrected chi connectivity index (χ3v) is 2.55. The van der Waals surface area contributed by atoms with Crippen molar-refractivity contribution in [2.75, 3.05) is 11.4 Å². The number of nitrogens with zero attached hydrogens (tertiary/aromatic N) is 3. The van der Waals surface area contributed by atoms with Gasteiger partial charge < -0.3 is 10.8 Å². The van der Waals surface area contributed by atoms with Gasteiger partial charge in [-0.3, -0.25) is 14.4 Å². The predicted octanol–water partition coefficient (Wildman–Crippen LogP) is -0.818. The molecule has 7 heteroatoms. The third kappa shape index (κ3) is 1.54. The van der Waals surface area contributed by atoms with E-state index in [1.54, 1.807) is 7.05 Å². The minimum absolute atomic E-state index is 0.0185. The molecule has 2 heterocycles.